The van der Waals surface area contributed by atoms with Gasteiger partial charge in [-0.05, 0) is 43.2 Å². The van der Waals surface area contributed by atoms with Crippen molar-refractivity contribution in [1.82, 2.24) is 0 Å². The molecule has 4 heteroatoms. The first-order chi connectivity index (χ1) is 10.0. The monoisotopic (exact) mass is 283 g/mol. The molecule has 21 heavy (non-hydrogen) atoms. The second kappa shape index (κ2) is 6.22. The minimum absolute atomic E-state index is 0.189. The number of hydrogen-bond donors (Lipinski definition) is 2. The number of phenols is 1. The average molecular weight is 283 g/mol. The van der Waals surface area contributed by atoms with Crippen LogP contribution in [0.15, 0.2) is 42.5 Å². The van der Waals surface area contributed by atoms with Crippen LogP contribution in [0.1, 0.15) is 40.1 Å². The predicted molar refractivity (Wildman–Crippen MR) is 81.9 cm³/mol. The average Bonchev–Trinajstić information content (AvgIpc) is 2.49. The molecule has 0 aliphatic rings. The lowest BCUT2D eigenvalue weighted by molar-refractivity contribution is 0.100. The van der Waals surface area contributed by atoms with E-state index < -0.39 is 0 Å². The van der Waals surface area contributed by atoms with Gasteiger partial charge in [0.05, 0.1) is 11.3 Å². The maximum atomic E-state index is 12.1. The van der Waals surface area contributed by atoms with Gasteiger partial charge in [-0.3, -0.25) is 9.59 Å². The first-order valence-electron chi connectivity index (χ1n) is 6.76. The number of rotatable bonds is 4. The van der Waals surface area contributed by atoms with Crippen LogP contribution in [0.3, 0.4) is 0 Å². The van der Waals surface area contributed by atoms with Gasteiger partial charge < -0.3 is 10.4 Å². The van der Waals surface area contributed by atoms with Gasteiger partial charge in [0.25, 0.3) is 5.91 Å². The van der Waals surface area contributed by atoms with Gasteiger partial charge in [0.2, 0.25) is 0 Å². The van der Waals surface area contributed by atoms with E-state index in [2.05, 4.69) is 5.32 Å². The highest BCUT2D eigenvalue weighted by molar-refractivity contribution is 6.06. The second-order valence-corrected chi connectivity index (χ2v) is 4.76. The number of Topliss-reactive ketones (excluding diaryl/α,β-unsaturated/α-hetero) is 1. The van der Waals surface area contributed by atoms with Gasteiger partial charge >= 0.3 is 0 Å². The summed E-state index contributed by atoms with van der Waals surface area (Å²) < 4.78 is 0. The SMILES string of the molecule is CCc1ccc(C(=O)Nc2cccc(C(C)=O)c2O)cc1. The molecule has 4 nitrogen and oxygen atoms in total. The molecule has 0 heterocycles. The Balaban J connectivity index is 2.23. The number of anilines is 1. The van der Waals surface area contributed by atoms with Crippen LogP contribution in [0.2, 0.25) is 0 Å². The highest BCUT2D eigenvalue weighted by Gasteiger charge is 2.13. The van der Waals surface area contributed by atoms with Gasteiger partial charge in [0.1, 0.15) is 5.75 Å². The Morgan fingerprint density at radius 3 is 2.33 bits per heavy atom. The molecule has 0 atom stereocenters. The third kappa shape index (κ3) is 3.28. The van der Waals surface area contributed by atoms with E-state index in [0.29, 0.717) is 5.56 Å². The lowest BCUT2D eigenvalue weighted by atomic mass is 10.1. The van der Waals surface area contributed by atoms with Gasteiger partial charge in [0, 0.05) is 5.56 Å². The Bertz CT molecular complexity index is 675. The number of para-hydroxylation sites is 1. The molecule has 0 aliphatic carbocycles. The van der Waals surface area contributed by atoms with E-state index in [0.717, 1.165) is 12.0 Å². The minimum Gasteiger partial charge on any atom is -0.505 e. The van der Waals surface area contributed by atoms with Crippen molar-refractivity contribution in [2.45, 2.75) is 20.3 Å². The highest BCUT2D eigenvalue weighted by Crippen LogP contribution is 2.28. The van der Waals surface area contributed by atoms with E-state index in [4.69, 9.17) is 0 Å². The number of phenolic OH excluding ortho intramolecular Hbond substituents is 1. The fourth-order valence-corrected chi connectivity index (χ4v) is 2.01. The first kappa shape index (κ1) is 14.8. The molecule has 0 unspecified atom stereocenters. The fraction of sp³-hybridized carbons (Fsp3) is 0.176. The lowest BCUT2D eigenvalue weighted by Gasteiger charge is -2.10. The van der Waals surface area contributed by atoms with Crippen LogP contribution in [-0.4, -0.2) is 16.8 Å². The second-order valence-electron chi connectivity index (χ2n) is 4.76. The highest BCUT2D eigenvalue weighted by atomic mass is 16.3. The molecular weight excluding hydrogens is 266 g/mol. The molecule has 2 aromatic rings. The van der Waals surface area contributed by atoms with E-state index in [1.165, 1.54) is 13.0 Å². The number of ketones is 1. The van der Waals surface area contributed by atoms with Gasteiger partial charge in [-0.15, -0.1) is 0 Å². The number of hydrogen-bond acceptors (Lipinski definition) is 3. The number of amides is 1. The number of aromatic hydroxyl groups is 1. The third-order valence-electron chi connectivity index (χ3n) is 3.29. The normalized spacial score (nSPS) is 10.2. The van der Waals surface area contributed by atoms with Crippen molar-refractivity contribution in [2.24, 2.45) is 0 Å². The molecule has 0 spiro atoms. The smallest absolute Gasteiger partial charge is 0.255 e. The maximum Gasteiger partial charge on any atom is 0.255 e. The molecule has 0 fully saturated rings. The van der Waals surface area contributed by atoms with Crippen LogP contribution in [-0.2, 0) is 6.42 Å². The first-order valence-corrected chi connectivity index (χ1v) is 6.76. The molecule has 108 valence electrons. The van der Waals surface area contributed by atoms with Crippen molar-refractivity contribution in [2.75, 3.05) is 5.32 Å². The van der Waals surface area contributed by atoms with Gasteiger partial charge in [-0.25, -0.2) is 0 Å². The van der Waals surface area contributed by atoms with Crippen LogP contribution in [0.25, 0.3) is 0 Å². The summed E-state index contributed by atoms with van der Waals surface area (Å²) in [7, 11) is 0. The third-order valence-corrected chi connectivity index (χ3v) is 3.29. The summed E-state index contributed by atoms with van der Waals surface area (Å²) in [5.41, 5.74) is 2.06. The van der Waals surface area contributed by atoms with E-state index in [1.54, 1.807) is 24.3 Å². The van der Waals surface area contributed by atoms with E-state index in [9.17, 15) is 14.7 Å². The van der Waals surface area contributed by atoms with Crippen LogP contribution in [0.4, 0.5) is 5.69 Å². The lowest BCUT2D eigenvalue weighted by Crippen LogP contribution is -2.12. The molecule has 2 rings (SSSR count). The zero-order valence-corrected chi connectivity index (χ0v) is 12.0. The molecule has 0 saturated carbocycles. The van der Waals surface area contributed by atoms with Crippen molar-refractivity contribution in [3.63, 3.8) is 0 Å². The van der Waals surface area contributed by atoms with Gasteiger partial charge in [-0.1, -0.05) is 25.1 Å². The molecule has 1 amide bonds. The Morgan fingerprint density at radius 1 is 1.10 bits per heavy atom. The number of carbonyl (C=O) groups excluding carboxylic acids is 2. The quantitative estimate of drug-likeness (QED) is 0.667. The summed E-state index contributed by atoms with van der Waals surface area (Å²) in [6.45, 7) is 3.41. The largest absolute Gasteiger partial charge is 0.505 e. The van der Waals surface area contributed by atoms with Gasteiger partial charge in [0.15, 0.2) is 5.78 Å². The zero-order chi connectivity index (χ0) is 15.4. The number of benzene rings is 2. The minimum atomic E-state index is -0.325. The topological polar surface area (TPSA) is 66.4 Å². The molecule has 2 aromatic carbocycles. The summed E-state index contributed by atoms with van der Waals surface area (Å²) >= 11 is 0. The molecule has 0 aromatic heterocycles. The fourth-order valence-electron chi connectivity index (χ4n) is 2.01. The van der Waals surface area contributed by atoms with Crippen LogP contribution in [0.5, 0.6) is 5.75 Å². The molecular formula is C17H17NO3. The molecule has 0 saturated heterocycles. The van der Waals surface area contributed by atoms with Crippen molar-refractivity contribution in [1.29, 1.82) is 0 Å². The summed E-state index contributed by atoms with van der Waals surface area (Å²) in [5.74, 6) is -0.784. The summed E-state index contributed by atoms with van der Waals surface area (Å²) in [5, 5.41) is 12.6. The Kier molecular flexibility index (Phi) is 4.38. The van der Waals surface area contributed by atoms with Crippen molar-refractivity contribution in [3.05, 3.63) is 59.2 Å². The molecule has 0 radical (unpaired) electrons. The zero-order valence-electron chi connectivity index (χ0n) is 12.0. The van der Waals surface area contributed by atoms with E-state index >= 15 is 0 Å². The summed E-state index contributed by atoms with van der Waals surface area (Å²) in [6.07, 6.45) is 0.906. The molecule has 0 bridgehead atoms. The van der Waals surface area contributed by atoms with E-state index in [1.807, 2.05) is 19.1 Å². The molecule has 2 N–H and O–H groups in total. The van der Waals surface area contributed by atoms with Crippen LogP contribution in [0, 0.1) is 0 Å². The van der Waals surface area contributed by atoms with Crippen molar-refractivity contribution >= 4 is 17.4 Å². The number of aryl methyl sites for hydroxylation is 1. The molecule has 0 aliphatic heterocycles. The van der Waals surface area contributed by atoms with Crippen molar-refractivity contribution < 1.29 is 14.7 Å². The standard InChI is InChI=1S/C17H17NO3/c1-3-12-7-9-13(10-8-12)17(21)18-15-6-4-5-14(11(2)19)16(15)20/h4-10,20H,3H2,1-2H3,(H,18,21). The summed E-state index contributed by atoms with van der Waals surface area (Å²) in [6, 6.07) is 11.9. The van der Waals surface area contributed by atoms with E-state index in [-0.39, 0.29) is 28.7 Å². The van der Waals surface area contributed by atoms with Gasteiger partial charge in [-0.2, -0.15) is 0 Å². The maximum absolute atomic E-state index is 12.1. The summed E-state index contributed by atoms with van der Waals surface area (Å²) in [4.78, 5) is 23.5. The predicted octanol–water partition coefficient (Wildman–Crippen LogP) is 3.41. The number of carbonyl (C=O) groups is 2. The number of nitrogens with one attached hydrogen (secondary N) is 1. The van der Waals surface area contributed by atoms with Crippen LogP contribution >= 0.6 is 0 Å². The van der Waals surface area contributed by atoms with Crippen molar-refractivity contribution in [3.8, 4) is 5.75 Å². The Morgan fingerprint density at radius 2 is 1.76 bits per heavy atom. The van der Waals surface area contributed by atoms with Crippen LogP contribution < -0.4 is 5.32 Å². The Labute approximate surface area is 123 Å². The Hall–Kier alpha value is -2.62.